The fraction of sp³-hybridized carbons (Fsp3) is 0.250. The monoisotopic (exact) mass is 399 g/mol. The zero-order valence-electron chi connectivity index (χ0n) is 15.8. The van der Waals surface area contributed by atoms with E-state index in [0.717, 1.165) is 9.80 Å². The van der Waals surface area contributed by atoms with Crippen LogP contribution in [0.1, 0.15) is 0 Å². The lowest BCUT2D eigenvalue weighted by molar-refractivity contribution is -0.862. The topological polar surface area (TPSA) is 95.7 Å². The van der Waals surface area contributed by atoms with Crippen molar-refractivity contribution >= 4 is 35.0 Å². The Hall–Kier alpha value is -3.02. The van der Waals surface area contributed by atoms with Crippen molar-refractivity contribution in [3.8, 4) is 11.8 Å². The number of quaternary nitrogens is 1. The summed E-state index contributed by atoms with van der Waals surface area (Å²) in [6.07, 6.45) is 0. The third-order valence-electron chi connectivity index (χ3n) is 3.73. The van der Waals surface area contributed by atoms with Crippen LogP contribution in [0, 0.1) is 11.3 Å². The number of hydrogen-bond acceptors (Lipinski definition) is 5. The number of hydrogen-bond donors (Lipinski definition) is 3. The van der Waals surface area contributed by atoms with Crippen LogP contribution >= 0.6 is 11.8 Å². The standard InChI is InChI=1S/C20H22N4O3S/c1-24(13-19(25)22-15-6-5-7-16(12-15)27-2)14-20(26)23-17-8-3-4-9-18(17)28-11-10-21/h3-9,12H,11,13-14H2,1-2H3,(H,22,25)(H,23,26)/p+1. The Morgan fingerprint density at radius 2 is 1.82 bits per heavy atom. The highest BCUT2D eigenvalue weighted by Gasteiger charge is 2.15. The highest BCUT2D eigenvalue weighted by molar-refractivity contribution is 7.99. The molecule has 0 heterocycles. The molecule has 0 radical (unpaired) electrons. The van der Waals surface area contributed by atoms with E-state index in [9.17, 15) is 9.59 Å². The van der Waals surface area contributed by atoms with Crippen molar-refractivity contribution in [2.45, 2.75) is 4.90 Å². The number of benzene rings is 2. The third-order valence-corrected chi connectivity index (χ3v) is 4.67. The molecule has 1 atom stereocenters. The number of rotatable bonds is 9. The maximum absolute atomic E-state index is 12.3. The summed E-state index contributed by atoms with van der Waals surface area (Å²) in [7, 11) is 3.34. The van der Waals surface area contributed by atoms with Crippen molar-refractivity contribution in [3.05, 3.63) is 48.5 Å². The number of ether oxygens (including phenoxy) is 1. The number of nitriles is 1. The first-order valence-electron chi connectivity index (χ1n) is 8.65. The Labute approximate surface area is 168 Å². The number of thioether (sulfide) groups is 1. The molecule has 0 aromatic heterocycles. The first-order chi connectivity index (χ1) is 13.5. The van der Waals surface area contributed by atoms with Gasteiger partial charge in [0.2, 0.25) is 0 Å². The minimum Gasteiger partial charge on any atom is -0.497 e. The van der Waals surface area contributed by atoms with Crippen LogP contribution in [0.4, 0.5) is 11.4 Å². The van der Waals surface area contributed by atoms with Crippen molar-refractivity contribution in [3.63, 3.8) is 0 Å². The molecule has 0 aliphatic heterocycles. The lowest BCUT2D eigenvalue weighted by atomic mass is 10.3. The number of anilines is 2. The molecule has 28 heavy (non-hydrogen) atoms. The van der Waals surface area contributed by atoms with Gasteiger partial charge in [-0.2, -0.15) is 5.26 Å². The lowest BCUT2D eigenvalue weighted by Gasteiger charge is -2.15. The smallest absolute Gasteiger partial charge is 0.279 e. The number of carbonyl (C=O) groups excluding carboxylic acids is 2. The Morgan fingerprint density at radius 1 is 1.11 bits per heavy atom. The second-order valence-electron chi connectivity index (χ2n) is 6.08. The molecule has 0 aliphatic carbocycles. The Bertz CT molecular complexity index is 867. The number of carbonyl (C=O) groups is 2. The van der Waals surface area contributed by atoms with E-state index in [1.807, 2.05) is 18.2 Å². The van der Waals surface area contributed by atoms with E-state index in [4.69, 9.17) is 10.00 Å². The number of likely N-dealkylation sites (N-methyl/N-ethyl adjacent to an activating group) is 1. The zero-order chi connectivity index (χ0) is 20.4. The van der Waals surface area contributed by atoms with Crippen LogP contribution in [-0.4, -0.2) is 44.8 Å². The third kappa shape index (κ3) is 6.95. The van der Waals surface area contributed by atoms with E-state index < -0.39 is 0 Å². The van der Waals surface area contributed by atoms with Gasteiger partial charge in [0.1, 0.15) is 5.75 Å². The average molecular weight is 399 g/mol. The number of nitrogens with one attached hydrogen (secondary N) is 3. The van der Waals surface area contributed by atoms with Crippen LogP contribution < -0.4 is 20.3 Å². The summed E-state index contributed by atoms with van der Waals surface area (Å²) < 4.78 is 5.13. The summed E-state index contributed by atoms with van der Waals surface area (Å²) in [6.45, 7) is 0.290. The van der Waals surface area contributed by atoms with Gasteiger partial charge < -0.3 is 20.3 Å². The molecule has 2 rings (SSSR count). The van der Waals surface area contributed by atoms with Gasteiger partial charge in [0, 0.05) is 16.6 Å². The first-order valence-corrected chi connectivity index (χ1v) is 9.64. The molecule has 0 aliphatic rings. The molecule has 146 valence electrons. The molecule has 7 nitrogen and oxygen atoms in total. The van der Waals surface area contributed by atoms with Crippen LogP contribution in [0.25, 0.3) is 0 Å². The van der Waals surface area contributed by atoms with Crippen LogP contribution in [0.2, 0.25) is 0 Å². The molecule has 3 N–H and O–H groups in total. The van der Waals surface area contributed by atoms with Crippen molar-refractivity contribution in [2.24, 2.45) is 0 Å². The number of methoxy groups -OCH3 is 1. The molecule has 2 aromatic rings. The molecule has 0 fully saturated rings. The van der Waals surface area contributed by atoms with Crippen LogP contribution in [0.5, 0.6) is 5.75 Å². The van der Waals surface area contributed by atoms with E-state index in [1.165, 1.54) is 11.8 Å². The highest BCUT2D eigenvalue weighted by atomic mass is 32.2. The zero-order valence-corrected chi connectivity index (χ0v) is 16.6. The predicted octanol–water partition coefficient (Wildman–Crippen LogP) is 1.40. The quantitative estimate of drug-likeness (QED) is 0.554. The largest absolute Gasteiger partial charge is 0.497 e. The van der Waals surface area contributed by atoms with E-state index in [-0.39, 0.29) is 24.9 Å². The van der Waals surface area contributed by atoms with E-state index in [0.29, 0.717) is 22.9 Å². The molecule has 2 aromatic carbocycles. The Balaban J connectivity index is 1.85. The second-order valence-corrected chi connectivity index (χ2v) is 7.10. The Morgan fingerprint density at radius 3 is 2.54 bits per heavy atom. The average Bonchev–Trinajstić information content (AvgIpc) is 2.67. The first kappa shape index (κ1) is 21.3. The lowest BCUT2D eigenvalue weighted by Crippen LogP contribution is -3.11. The molecule has 0 saturated heterocycles. The number of amides is 2. The molecule has 8 heteroatoms. The number of para-hydroxylation sites is 1. The summed E-state index contributed by atoms with van der Waals surface area (Å²) in [6, 6.07) is 16.5. The highest BCUT2D eigenvalue weighted by Crippen LogP contribution is 2.26. The van der Waals surface area contributed by atoms with Crippen molar-refractivity contribution < 1.29 is 19.2 Å². The maximum Gasteiger partial charge on any atom is 0.279 e. The summed E-state index contributed by atoms with van der Waals surface area (Å²) in [5.74, 6) is 0.577. The summed E-state index contributed by atoms with van der Waals surface area (Å²) in [5, 5.41) is 14.4. The van der Waals surface area contributed by atoms with Crippen LogP contribution in [0.15, 0.2) is 53.4 Å². The Kier molecular flexibility index (Phi) is 8.34. The molecule has 2 amide bonds. The summed E-state index contributed by atoms with van der Waals surface area (Å²) in [4.78, 5) is 26.1. The van der Waals surface area contributed by atoms with Gasteiger partial charge >= 0.3 is 0 Å². The second kappa shape index (κ2) is 11.0. The van der Waals surface area contributed by atoms with Gasteiger partial charge in [-0.05, 0) is 24.3 Å². The minimum atomic E-state index is -0.198. The molecular formula is C20H23N4O3S+. The number of nitrogens with zero attached hydrogens (tertiary/aromatic N) is 1. The minimum absolute atomic E-state index is 0.142. The van der Waals surface area contributed by atoms with Crippen LogP contribution in [0.3, 0.4) is 0 Å². The van der Waals surface area contributed by atoms with Gasteiger partial charge in [0.15, 0.2) is 13.1 Å². The molecular weight excluding hydrogens is 376 g/mol. The van der Waals surface area contributed by atoms with Gasteiger partial charge in [0.05, 0.1) is 31.7 Å². The summed E-state index contributed by atoms with van der Waals surface area (Å²) in [5.41, 5.74) is 1.31. The molecule has 0 saturated carbocycles. The van der Waals surface area contributed by atoms with Crippen molar-refractivity contribution in [2.75, 3.05) is 43.6 Å². The van der Waals surface area contributed by atoms with Gasteiger partial charge in [-0.3, -0.25) is 9.59 Å². The predicted molar refractivity (Wildman–Crippen MR) is 110 cm³/mol. The van der Waals surface area contributed by atoms with Gasteiger partial charge in [-0.25, -0.2) is 0 Å². The van der Waals surface area contributed by atoms with E-state index in [1.54, 1.807) is 44.5 Å². The van der Waals surface area contributed by atoms with Crippen molar-refractivity contribution in [1.29, 1.82) is 5.26 Å². The fourth-order valence-electron chi connectivity index (χ4n) is 2.52. The molecule has 1 unspecified atom stereocenters. The van der Waals surface area contributed by atoms with Gasteiger partial charge in [0.25, 0.3) is 11.8 Å². The van der Waals surface area contributed by atoms with Gasteiger partial charge in [-0.1, -0.05) is 18.2 Å². The SMILES string of the molecule is COc1cccc(NC(=O)C[NH+](C)CC(=O)Nc2ccccc2SCC#N)c1. The summed E-state index contributed by atoms with van der Waals surface area (Å²) >= 11 is 1.37. The van der Waals surface area contributed by atoms with Gasteiger partial charge in [-0.15, -0.1) is 11.8 Å². The molecule has 0 bridgehead atoms. The maximum atomic E-state index is 12.3. The fourth-order valence-corrected chi connectivity index (χ4v) is 3.19. The van der Waals surface area contributed by atoms with Crippen molar-refractivity contribution in [1.82, 2.24) is 0 Å². The molecule has 0 spiro atoms. The van der Waals surface area contributed by atoms with Crippen LogP contribution in [-0.2, 0) is 9.59 Å². The van der Waals surface area contributed by atoms with E-state index >= 15 is 0 Å². The van der Waals surface area contributed by atoms with E-state index in [2.05, 4.69) is 16.7 Å². The normalized spacial score (nSPS) is 11.2.